The molecular weight excluding hydrogens is 290 g/mol. The zero-order valence-electron chi connectivity index (χ0n) is 14.1. The summed E-state index contributed by atoms with van der Waals surface area (Å²) in [5.74, 6) is 0.140. The quantitative estimate of drug-likeness (QED) is 0.874. The zero-order chi connectivity index (χ0) is 16.6. The number of carbonyl (C=O) groups is 1. The van der Waals surface area contributed by atoms with Crippen LogP contribution in [0, 0.1) is 20.8 Å². The third kappa shape index (κ3) is 3.00. The number of nitrogens with zero attached hydrogens (tertiary/aromatic N) is 3. The van der Waals surface area contributed by atoms with Crippen LogP contribution in [-0.4, -0.2) is 33.4 Å². The summed E-state index contributed by atoms with van der Waals surface area (Å²) in [6.07, 6.45) is 2.54. The molecular formula is C18H23N3O2. The van der Waals surface area contributed by atoms with Gasteiger partial charge in [0.2, 0.25) is 5.91 Å². The highest BCUT2D eigenvalue weighted by molar-refractivity contribution is 5.78. The molecule has 1 aliphatic heterocycles. The molecule has 1 saturated heterocycles. The molecule has 5 heteroatoms. The van der Waals surface area contributed by atoms with Gasteiger partial charge in [0.25, 0.3) is 5.56 Å². The van der Waals surface area contributed by atoms with Crippen molar-refractivity contribution in [2.75, 3.05) is 13.1 Å². The first-order chi connectivity index (χ1) is 11.0. The molecule has 1 aromatic heterocycles. The number of likely N-dealkylation sites (tertiary alicyclic amines) is 1. The summed E-state index contributed by atoms with van der Waals surface area (Å²) in [7, 11) is 0. The van der Waals surface area contributed by atoms with E-state index in [0.29, 0.717) is 18.7 Å². The van der Waals surface area contributed by atoms with Crippen LogP contribution in [0.15, 0.2) is 16.9 Å². The molecule has 1 amide bonds. The average Bonchev–Trinajstić information content (AvgIpc) is 3.04. The molecule has 0 N–H and O–H groups in total. The largest absolute Gasteiger partial charge is 0.343 e. The van der Waals surface area contributed by atoms with Crippen molar-refractivity contribution in [3.63, 3.8) is 0 Å². The lowest BCUT2D eigenvalue weighted by atomic mass is 10.1. The molecule has 0 saturated carbocycles. The van der Waals surface area contributed by atoms with Gasteiger partial charge in [0.1, 0.15) is 5.69 Å². The van der Waals surface area contributed by atoms with E-state index in [2.05, 4.69) is 4.98 Å². The van der Waals surface area contributed by atoms with Crippen LogP contribution in [0.25, 0.3) is 11.0 Å². The fourth-order valence-electron chi connectivity index (χ4n) is 3.18. The first kappa shape index (κ1) is 15.7. The minimum absolute atomic E-state index is 0.102. The zero-order valence-corrected chi connectivity index (χ0v) is 14.1. The maximum absolute atomic E-state index is 12.5. The van der Waals surface area contributed by atoms with Crippen molar-refractivity contribution in [1.82, 2.24) is 14.5 Å². The minimum Gasteiger partial charge on any atom is -0.343 e. The number of hydrogen-bond acceptors (Lipinski definition) is 3. The monoisotopic (exact) mass is 313 g/mol. The molecule has 0 unspecified atom stereocenters. The number of benzene rings is 1. The normalized spacial score (nSPS) is 14.7. The SMILES string of the molecule is Cc1cc2nc(C)c(=O)n(CCC(=O)N3CCCC3)c2cc1C. The molecule has 0 radical (unpaired) electrons. The van der Waals surface area contributed by atoms with E-state index < -0.39 is 0 Å². The Balaban J connectivity index is 1.95. The maximum atomic E-state index is 12.5. The van der Waals surface area contributed by atoms with Crippen molar-refractivity contribution >= 4 is 16.9 Å². The van der Waals surface area contributed by atoms with E-state index in [-0.39, 0.29) is 11.5 Å². The molecule has 1 aromatic carbocycles. The number of carbonyl (C=O) groups excluding carboxylic acids is 1. The second-order valence-corrected chi connectivity index (χ2v) is 6.42. The third-order valence-corrected chi connectivity index (χ3v) is 4.73. The molecule has 3 rings (SSSR count). The van der Waals surface area contributed by atoms with Crippen molar-refractivity contribution in [1.29, 1.82) is 0 Å². The second kappa shape index (κ2) is 6.14. The van der Waals surface area contributed by atoms with Gasteiger partial charge in [0, 0.05) is 26.1 Å². The summed E-state index contributed by atoms with van der Waals surface area (Å²) in [4.78, 5) is 31.1. The van der Waals surface area contributed by atoms with Crippen LogP contribution in [0.5, 0.6) is 0 Å². The van der Waals surface area contributed by atoms with Crippen molar-refractivity contribution in [3.8, 4) is 0 Å². The highest BCUT2D eigenvalue weighted by Gasteiger charge is 2.18. The Hall–Kier alpha value is -2.17. The van der Waals surface area contributed by atoms with Gasteiger partial charge in [-0.25, -0.2) is 4.98 Å². The van der Waals surface area contributed by atoms with Gasteiger partial charge in [-0.05, 0) is 56.9 Å². The lowest BCUT2D eigenvalue weighted by Gasteiger charge is -2.17. The number of hydrogen-bond donors (Lipinski definition) is 0. The summed E-state index contributed by atoms with van der Waals surface area (Å²) in [5.41, 5.74) is 4.30. The van der Waals surface area contributed by atoms with Crippen LogP contribution in [0.3, 0.4) is 0 Å². The summed E-state index contributed by atoms with van der Waals surface area (Å²) in [6.45, 7) is 7.91. The third-order valence-electron chi connectivity index (χ3n) is 4.73. The molecule has 122 valence electrons. The number of amides is 1. The molecule has 5 nitrogen and oxygen atoms in total. The van der Waals surface area contributed by atoms with E-state index in [9.17, 15) is 9.59 Å². The van der Waals surface area contributed by atoms with E-state index >= 15 is 0 Å². The number of aromatic nitrogens is 2. The molecule has 0 aliphatic carbocycles. The van der Waals surface area contributed by atoms with Crippen LogP contribution < -0.4 is 5.56 Å². The van der Waals surface area contributed by atoms with Crippen LogP contribution in [-0.2, 0) is 11.3 Å². The van der Waals surface area contributed by atoms with E-state index in [1.807, 2.05) is 30.9 Å². The average molecular weight is 313 g/mol. The Labute approximate surface area is 135 Å². The molecule has 2 aromatic rings. The van der Waals surface area contributed by atoms with Crippen molar-refractivity contribution in [3.05, 3.63) is 39.3 Å². The van der Waals surface area contributed by atoms with E-state index in [1.54, 1.807) is 11.5 Å². The summed E-state index contributed by atoms with van der Waals surface area (Å²) < 4.78 is 1.71. The first-order valence-electron chi connectivity index (χ1n) is 8.23. The van der Waals surface area contributed by atoms with Gasteiger partial charge in [0.05, 0.1) is 11.0 Å². The molecule has 0 atom stereocenters. The van der Waals surface area contributed by atoms with Crippen molar-refractivity contribution in [2.24, 2.45) is 0 Å². The van der Waals surface area contributed by atoms with Crippen molar-refractivity contribution < 1.29 is 4.79 Å². The highest BCUT2D eigenvalue weighted by Crippen LogP contribution is 2.17. The fraction of sp³-hybridized carbons (Fsp3) is 0.500. The molecule has 2 heterocycles. The molecule has 1 aliphatic rings. The van der Waals surface area contributed by atoms with Gasteiger partial charge in [-0.15, -0.1) is 0 Å². The lowest BCUT2D eigenvalue weighted by Crippen LogP contribution is -2.31. The standard InChI is InChI=1S/C18H23N3O2/c1-12-10-15-16(11-13(12)2)21(18(23)14(3)19-15)9-6-17(22)20-7-4-5-8-20/h10-11H,4-9H2,1-3H3. The molecule has 1 fully saturated rings. The predicted molar refractivity (Wildman–Crippen MR) is 90.6 cm³/mol. The molecule has 23 heavy (non-hydrogen) atoms. The number of aryl methyl sites for hydroxylation is 4. The van der Waals surface area contributed by atoms with Gasteiger partial charge in [0.15, 0.2) is 0 Å². The Kier molecular flexibility index (Phi) is 4.20. The van der Waals surface area contributed by atoms with E-state index in [0.717, 1.165) is 48.1 Å². The van der Waals surface area contributed by atoms with Crippen LogP contribution >= 0.6 is 0 Å². The van der Waals surface area contributed by atoms with Gasteiger partial charge < -0.3 is 9.47 Å². The van der Waals surface area contributed by atoms with Gasteiger partial charge in [-0.3, -0.25) is 9.59 Å². The Morgan fingerprint density at radius 1 is 1.13 bits per heavy atom. The van der Waals surface area contributed by atoms with Crippen LogP contribution in [0.2, 0.25) is 0 Å². The van der Waals surface area contributed by atoms with Gasteiger partial charge >= 0.3 is 0 Å². The lowest BCUT2D eigenvalue weighted by molar-refractivity contribution is -0.130. The van der Waals surface area contributed by atoms with Crippen LogP contribution in [0.4, 0.5) is 0 Å². The topological polar surface area (TPSA) is 55.2 Å². The summed E-state index contributed by atoms with van der Waals surface area (Å²) >= 11 is 0. The fourth-order valence-corrected chi connectivity index (χ4v) is 3.18. The van der Waals surface area contributed by atoms with Gasteiger partial charge in [-0.2, -0.15) is 0 Å². The Morgan fingerprint density at radius 3 is 2.48 bits per heavy atom. The number of fused-ring (bicyclic) bond motifs is 1. The van der Waals surface area contributed by atoms with Crippen LogP contribution in [0.1, 0.15) is 36.1 Å². The molecule has 0 spiro atoms. The van der Waals surface area contributed by atoms with E-state index in [4.69, 9.17) is 0 Å². The Morgan fingerprint density at radius 2 is 1.78 bits per heavy atom. The van der Waals surface area contributed by atoms with E-state index in [1.165, 1.54) is 0 Å². The summed E-state index contributed by atoms with van der Waals surface area (Å²) in [5, 5.41) is 0. The highest BCUT2D eigenvalue weighted by atomic mass is 16.2. The Bertz CT molecular complexity index is 817. The number of rotatable bonds is 3. The maximum Gasteiger partial charge on any atom is 0.272 e. The van der Waals surface area contributed by atoms with Gasteiger partial charge in [-0.1, -0.05) is 0 Å². The second-order valence-electron chi connectivity index (χ2n) is 6.42. The predicted octanol–water partition coefficient (Wildman–Crippen LogP) is 2.33. The summed E-state index contributed by atoms with van der Waals surface area (Å²) in [6, 6.07) is 4.01. The first-order valence-corrected chi connectivity index (χ1v) is 8.23. The van der Waals surface area contributed by atoms with Crippen molar-refractivity contribution in [2.45, 2.75) is 46.6 Å². The molecule has 0 bridgehead atoms. The minimum atomic E-state index is -0.102. The smallest absolute Gasteiger partial charge is 0.272 e.